The van der Waals surface area contributed by atoms with Gasteiger partial charge in [-0.3, -0.25) is 9.59 Å². The molecule has 0 spiro atoms. The molecule has 6 nitrogen and oxygen atoms in total. The Morgan fingerprint density at radius 1 is 1.11 bits per heavy atom. The Hall–Kier alpha value is -2.83. The van der Waals surface area contributed by atoms with Crippen molar-refractivity contribution in [3.8, 4) is 5.75 Å². The normalized spacial score (nSPS) is 18.5. The average Bonchev–Trinajstić information content (AvgIpc) is 2.97. The highest BCUT2D eigenvalue weighted by Gasteiger charge is 2.45. The maximum absolute atomic E-state index is 12.7. The van der Waals surface area contributed by atoms with E-state index in [-0.39, 0.29) is 24.5 Å². The zero-order valence-electron chi connectivity index (χ0n) is 15.3. The number of nitrogens with zero attached hydrogens (tertiary/aromatic N) is 1. The third-order valence-electron chi connectivity index (χ3n) is 4.65. The number of benzene rings is 2. The Labute approximate surface area is 167 Å². The van der Waals surface area contributed by atoms with Crippen molar-refractivity contribution in [3.05, 3.63) is 70.3 Å². The van der Waals surface area contributed by atoms with Crippen molar-refractivity contribution >= 4 is 29.1 Å². The van der Waals surface area contributed by atoms with Crippen molar-refractivity contribution in [2.45, 2.75) is 12.5 Å². The van der Waals surface area contributed by atoms with E-state index >= 15 is 0 Å². The second-order valence-electron chi connectivity index (χ2n) is 6.35. The van der Waals surface area contributed by atoms with Crippen LogP contribution in [0.4, 0.5) is 0 Å². The molecule has 0 bridgehead atoms. The van der Waals surface area contributed by atoms with Crippen LogP contribution in [0.3, 0.4) is 0 Å². The van der Waals surface area contributed by atoms with E-state index < -0.39 is 17.7 Å². The van der Waals surface area contributed by atoms with Crippen LogP contribution in [0.5, 0.6) is 5.75 Å². The minimum atomic E-state index is -0.758. The molecule has 0 aliphatic carbocycles. The number of hydrogen-bond donors (Lipinski definition) is 2. The van der Waals surface area contributed by atoms with Crippen molar-refractivity contribution in [2.24, 2.45) is 0 Å². The van der Waals surface area contributed by atoms with Crippen molar-refractivity contribution < 1.29 is 24.5 Å². The number of amides is 1. The maximum Gasteiger partial charge on any atom is 0.295 e. The first kappa shape index (κ1) is 19.9. The number of methoxy groups -OCH3 is 1. The molecular weight excluding hydrogens is 382 g/mol. The summed E-state index contributed by atoms with van der Waals surface area (Å²) < 4.78 is 5.17. The predicted molar refractivity (Wildman–Crippen MR) is 105 cm³/mol. The summed E-state index contributed by atoms with van der Waals surface area (Å²) in [5.41, 5.74) is 1.06. The molecule has 1 amide bonds. The molecule has 0 radical (unpaired) electrons. The molecule has 1 heterocycles. The number of Topliss-reactive ketones (excluding diaryl/α,β-unsaturated/α-hetero) is 1. The summed E-state index contributed by atoms with van der Waals surface area (Å²) in [6.07, 6.45) is 0.320. The maximum atomic E-state index is 12.7. The molecule has 0 saturated carbocycles. The Morgan fingerprint density at radius 3 is 2.32 bits per heavy atom. The van der Waals surface area contributed by atoms with Crippen LogP contribution in [0.15, 0.2) is 54.1 Å². The Bertz CT molecular complexity index is 905. The van der Waals surface area contributed by atoms with Crippen LogP contribution >= 0.6 is 11.6 Å². The first-order valence-corrected chi connectivity index (χ1v) is 9.15. The molecule has 2 aromatic rings. The van der Waals surface area contributed by atoms with Gasteiger partial charge in [-0.15, -0.1) is 0 Å². The van der Waals surface area contributed by atoms with Crippen LogP contribution in [-0.2, 0) is 9.59 Å². The van der Waals surface area contributed by atoms with Gasteiger partial charge in [0.05, 0.1) is 18.7 Å². The topological polar surface area (TPSA) is 87.1 Å². The van der Waals surface area contributed by atoms with E-state index in [4.69, 9.17) is 21.4 Å². The third-order valence-corrected chi connectivity index (χ3v) is 4.90. The molecule has 1 fully saturated rings. The van der Waals surface area contributed by atoms with Gasteiger partial charge in [0.1, 0.15) is 11.5 Å². The lowest BCUT2D eigenvalue weighted by molar-refractivity contribution is -0.140. The minimum absolute atomic E-state index is 0.00966. The number of likely N-dealkylation sites (tertiary alicyclic amines) is 1. The van der Waals surface area contributed by atoms with Gasteiger partial charge < -0.3 is 19.8 Å². The summed E-state index contributed by atoms with van der Waals surface area (Å²) in [5, 5.41) is 20.5. The lowest BCUT2D eigenvalue weighted by Crippen LogP contribution is -2.31. The van der Waals surface area contributed by atoms with Gasteiger partial charge in [0.2, 0.25) is 0 Å². The molecule has 3 rings (SSSR count). The first-order valence-electron chi connectivity index (χ1n) is 8.77. The van der Waals surface area contributed by atoms with E-state index in [9.17, 15) is 14.7 Å². The molecule has 2 N–H and O–H groups in total. The van der Waals surface area contributed by atoms with Crippen LogP contribution in [0, 0.1) is 0 Å². The Kier molecular flexibility index (Phi) is 6.02. The monoisotopic (exact) mass is 401 g/mol. The summed E-state index contributed by atoms with van der Waals surface area (Å²) in [4.78, 5) is 26.7. The largest absolute Gasteiger partial charge is 0.507 e. The van der Waals surface area contributed by atoms with Gasteiger partial charge in [0.15, 0.2) is 0 Å². The molecule has 28 heavy (non-hydrogen) atoms. The zero-order valence-corrected chi connectivity index (χ0v) is 16.0. The number of carbonyl (C=O) groups excluding carboxylic acids is 2. The number of rotatable bonds is 6. The van der Waals surface area contributed by atoms with Crippen molar-refractivity contribution in [2.75, 3.05) is 20.3 Å². The SMILES string of the molecule is COc1ccc(C2C(=C(O)c3ccc(Cl)cc3)C(=O)C(=O)N2CCCO)cc1. The first-order chi connectivity index (χ1) is 13.5. The smallest absolute Gasteiger partial charge is 0.295 e. The van der Waals surface area contributed by atoms with E-state index in [2.05, 4.69) is 0 Å². The lowest BCUT2D eigenvalue weighted by Gasteiger charge is -2.25. The summed E-state index contributed by atoms with van der Waals surface area (Å²) in [6.45, 7) is 0.0741. The number of ether oxygens (including phenoxy) is 1. The van der Waals surface area contributed by atoms with E-state index in [1.807, 2.05) is 0 Å². The number of carbonyl (C=O) groups is 2. The summed E-state index contributed by atoms with van der Waals surface area (Å²) in [6, 6.07) is 12.6. The van der Waals surface area contributed by atoms with Gasteiger partial charge in [0.25, 0.3) is 11.7 Å². The summed E-state index contributed by atoms with van der Waals surface area (Å²) >= 11 is 5.90. The highest BCUT2D eigenvalue weighted by molar-refractivity contribution is 6.46. The molecule has 1 aliphatic rings. The highest BCUT2D eigenvalue weighted by Crippen LogP contribution is 2.39. The van der Waals surface area contributed by atoms with Gasteiger partial charge in [-0.2, -0.15) is 0 Å². The predicted octanol–water partition coefficient (Wildman–Crippen LogP) is 3.15. The zero-order chi connectivity index (χ0) is 20.3. The molecule has 1 atom stereocenters. The molecule has 2 aromatic carbocycles. The standard InChI is InChI=1S/C21H20ClNO5/c1-28-16-9-5-13(6-10-16)18-17(19(25)14-3-7-15(22)8-4-14)20(26)21(27)23(18)11-2-12-24/h3-10,18,24-25H,2,11-12H2,1H3. The second kappa shape index (κ2) is 8.46. The van der Waals surface area contributed by atoms with Crippen LogP contribution in [0.1, 0.15) is 23.6 Å². The number of ketones is 1. The van der Waals surface area contributed by atoms with Crippen LogP contribution in [-0.4, -0.2) is 47.1 Å². The summed E-state index contributed by atoms with van der Waals surface area (Å²) in [5.74, 6) is -1.09. The van der Waals surface area contributed by atoms with Gasteiger partial charge in [-0.05, 0) is 48.4 Å². The molecule has 7 heteroatoms. The van der Waals surface area contributed by atoms with E-state index in [1.54, 1.807) is 55.6 Å². The van der Waals surface area contributed by atoms with Crippen molar-refractivity contribution in [1.82, 2.24) is 4.90 Å². The minimum Gasteiger partial charge on any atom is -0.507 e. The van der Waals surface area contributed by atoms with Gasteiger partial charge in [-0.1, -0.05) is 23.7 Å². The fraction of sp³-hybridized carbons (Fsp3) is 0.238. The van der Waals surface area contributed by atoms with E-state index in [0.717, 1.165) is 0 Å². The van der Waals surface area contributed by atoms with Crippen LogP contribution in [0.2, 0.25) is 5.02 Å². The molecule has 1 aliphatic heterocycles. The molecule has 1 unspecified atom stereocenters. The van der Waals surface area contributed by atoms with Crippen LogP contribution in [0.25, 0.3) is 5.76 Å². The van der Waals surface area contributed by atoms with E-state index in [1.165, 1.54) is 4.90 Å². The highest BCUT2D eigenvalue weighted by atomic mass is 35.5. The van der Waals surface area contributed by atoms with Gasteiger partial charge in [0, 0.05) is 23.7 Å². The fourth-order valence-electron chi connectivity index (χ4n) is 3.25. The summed E-state index contributed by atoms with van der Waals surface area (Å²) in [7, 11) is 1.54. The number of halogens is 1. The molecular formula is C21H20ClNO5. The Balaban J connectivity index is 2.13. The van der Waals surface area contributed by atoms with E-state index in [0.29, 0.717) is 28.3 Å². The van der Waals surface area contributed by atoms with Gasteiger partial charge >= 0.3 is 0 Å². The van der Waals surface area contributed by atoms with Crippen molar-refractivity contribution in [1.29, 1.82) is 0 Å². The third kappa shape index (κ3) is 3.74. The number of aliphatic hydroxyl groups excluding tert-OH is 2. The lowest BCUT2D eigenvalue weighted by atomic mass is 9.95. The van der Waals surface area contributed by atoms with Crippen molar-refractivity contribution in [3.63, 3.8) is 0 Å². The second-order valence-corrected chi connectivity index (χ2v) is 6.79. The quantitative estimate of drug-likeness (QED) is 0.441. The molecule has 146 valence electrons. The Morgan fingerprint density at radius 2 is 1.75 bits per heavy atom. The molecule has 1 saturated heterocycles. The van der Waals surface area contributed by atoms with Crippen LogP contribution < -0.4 is 4.74 Å². The van der Waals surface area contributed by atoms with Gasteiger partial charge in [-0.25, -0.2) is 0 Å². The number of hydrogen-bond acceptors (Lipinski definition) is 5. The number of aliphatic hydroxyl groups is 2. The fourth-order valence-corrected chi connectivity index (χ4v) is 3.37. The molecule has 0 aromatic heterocycles. The average molecular weight is 402 g/mol.